The number of hydrogen-bond donors (Lipinski definition) is 0. The van der Waals surface area contributed by atoms with Gasteiger partial charge in [-0.2, -0.15) is 0 Å². The Morgan fingerprint density at radius 1 is 0.553 bits per heavy atom. The molecule has 2 heteroatoms. The topological polar surface area (TPSA) is 6.48 Å². The van der Waals surface area contributed by atoms with Gasteiger partial charge in [0.15, 0.2) is 0 Å². The summed E-state index contributed by atoms with van der Waals surface area (Å²) in [7, 11) is 2.26. The first kappa shape index (κ1) is 25.8. The summed E-state index contributed by atoms with van der Waals surface area (Å²) in [6.07, 6.45) is 3.32. The van der Waals surface area contributed by atoms with Gasteiger partial charge in [-0.1, -0.05) is 121 Å². The van der Waals surface area contributed by atoms with Crippen LogP contribution in [0.25, 0.3) is 10.8 Å². The predicted molar refractivity (Wildman–Crippen MR) is 163 cm³/mol. The van der Waals surface area contributed by atoms with Crippen LogP contribution >= 0.6 is 0 Å². The molecule has 1 unspecified atom stereocenters. The molecular formula is C36H38N2. The summed E-state index contributed by atoms with van der Waals surface area (Å²) in [5, 5.41) is 2.63. The van der Waals surface area contributed by atoms with Crippen molar-refractivity contribution < 1.29 is 0 Å². The van der Waals surface area contributed by atoms with Gasteiger partial charge < -0.3 is 4.90 Å². The summed E-state index contributed by atoms with van der Waals surface area (Å²) in [4.78, 5) is 5.08. The third-order valence-corrected chi connectivity index (χ3v) is 7.51. The van der Waals surface area contributed by atoms with Crippen LogP contribution in [-0.2, 0) is 19.5 Å². The predicted octanol–water partition coefficient (Wildman–Crippen LogP) is 8.37. The lowest BCUT2D eigenvalue weighted by Gasteiger charge is -2.31. The van der Waals surface area contributed by atoms with E-state index in [1.807, 2.05) is 0 Å². The zero-order valence-electron chi connectivity index (χ0n) is 22.4. The molecule has 0 aromatic heterocycles. The molecule has 0 bridgehead atoms. The van der Waals surface area contributed by atoms with E-state index in [2.05, 4.69) is 150 Å². The Bertz CT molecular complexity index is 1340. The fourth-order valence-corrected chi connectivity index (χ4v) is 5.39. The summed E-state index contributed by atoms with van der Waals surface area (Å²) < 4.78 is 0. The highest BCUT2D eigenvalue weighted by atomic mass is 15.1. The molecule has 5 aromatic carbocycles. The van der Waals surface area contributed by atoms with Crippen LogP contribution in [0, 0.1) is 0 Å². The van der Waals surface area contributed by atoms with Gasteiger partial charge in [0, 0.05) is 31.9 Å². The smallest absolute Gasteiger partial charge is 0.0366 e. The second kappa shape index (κ2) is 13.1. The van der Waals surface area contributed by atoms with Crippen molar-refractivity contribution in [3.05, 3.63) is 150 Å². The molecule has 0 amide bonds. The van der Waals surface area contributed by atoms with Crippen LogP contribution in [-0.4, -0.2) is 24.5 Å². The van der Waals surface area contributed by atoms with Gasteiger partial charge >= 0.3 is 0 Å². The molecule has 0 aliphatic heterocycles. The van der Waals surface area contributed by atoms with Crippen LogP contribution in [0.1, 0.15) is 29.5 Å². The summed E-state index contributed by atoms with van der Waals surface area (Å²) >= 11 is 0. The number of likely N-dealkylation sites (N-methyl/N-ethyl adjacent to an activating group) is 1. The third-order valence-electron chi connectivity index (χ3n) is 7.51. The van der Waals surface area contributed by atoms with Crippen LogP contribution < -0.4 is 4.90 Å². The summed E-state index contributed by atoms with van der Waals surface area (Å²) in [5.74, 6) is 0. The Morgan fingerprint density at radius 2 is 1.11 bits per heavy atom. The molecule has 2 nitrogen and oxygen atoms in total. The Morgan fingerprint density at radius 3 is 1.74 bits per heavy atom. The quantitative estimate of drug-likeness (QED) is 0.170. The molecule has 0 saturated carbocycles. The van der Waals surface area contributed by atoms with E-state index >= 15 is 0 Å². The SMILES string of the molecule is CN(c1ccccc1)C(CCCN(Cc1ccccc1)Cc1ccccc1)Cc1ccc2ccccc2c1. The fourth-order valence-electron chi connectivity index (χ4n) is 5.39. The Labute approximate surface area is 228 Å². The minimum Gasteiger partial charge on any atom is -0.371 e. The molecule has 0 fully saturated rings. The van der Waals surface area contributed by atoms with Gasteiger partial charge in [-0.3, -0.25) is 4.90 Å². The molecule has 38 heavy (non-hydrogen) atoms. The second-order valence-electron chi connectivity index (χ2n) is 10.3. The molecule has 0 saturated heterocycles. The first-order valence-electron chi connectivity index (χ1n) is 13.8. The molecule has 1 atom stereocenters. The largest absolute Gasteiger partial charge is 0.371 e. The number of para-hydroxylation sites is 1. The van der Waals surface area contributed by atoms with Gasteiger partial charge in [-0.25, -0.2) is 0 Å². The molecule has 5 aromatic rings. The van der Waals surface area contributed by atoms with Crippen molar-refractivity contribution in [2.24, 2.45) is 0 Å². The molecule has 0 aliphatic carbocycles. The highest BCUT2D eigenvalue weighted by Crippen LogP contribution is 2.23. The molecule has 0 spiro atoms. The van der Waals surface area contributed by atoms with E-state index in [9.17, 15) is 0 Å². The Balaban J connectivity index is 1.31. The minimum absolute atomic E-state index is 0.425. The maximum Gasteiger partial charge on any atom is 0.0366 e. The zero-order chi connectivity index (χ0) is 26.0. The van der Waals surface area contributed by atoms with Crippen molar-refractivity contribution >= 4 is 16.5 Å². The molecule has 0 aliphatic rings. The maximum absolute atomic E-state index is 2.60. The number of anilines is 1. The highest BCUT2D eigenvalue weighted by molar-refractivity contribution is 5.83. The van der Waals surface area contributed by atoms with Crippen LogP contribution in [0.5, 0.6) is 0 Å². The van der Waals surface area contributed by atoms with Gasteiger partial charge in [0.25, 0.3) is 0 Å². The van der Waals surface area contributed by atoms with Crippen LogP contribution in [0.2, 0.25) is 0 Å². The summed E-state index contributed by atoms with van der Waals surface area (Å²) in [5.41, 5.74) is 5.43. The monoisotopic (exact) mass is 498 g/mol. The maximum atomic E-state index is 2.60. The lowest BCUT2D eigenvalue weighted by Crippen LogP contribution is -2.34. The van der Waals surface area contributed by atoms with E-state index in [0.717, 1.165) is 38.9 Å². The van der Waals surface area contributed by atoms with Crippen molar-refractivity contribution in [1.29, 1.82) is 0 Å². The molecule has 0 heterocycles. The molecule has 0 N–H and O–H groups in total. The van der Waals surface area contributed by atoms with E-state index in [1.54, 1.807) is 0 Å². The lowest BCUT2D eigenvalue weighted by molar-refractivity contribution is 0.248. The molecule has 0 radical (unpaired) electrons. The van der Waals surface area contributed by atoms with Gasteiger partial charge in [-0.15, -0.1) is 0 Å². The minimum atomic E-state index is 0.425. The average molecular weight is 499 g/mol. The van der Waals surface area contributed by atoms with E-state index in [-0.39, 0.29) is 0 Å². The molecular weight excluding hydrogens is 460 g/mol. The van der Waals surface area contributed by atoms with Crippen LogP contribution in [0.4, 0.5) is 5.69 Å². The van der Waals surface area contributed by atoms with E-state index < -0.39 is 0 Å². The van der Waals surface area contributed by atoms with Crippen molar-refractivity contribution in [2.45, 2.75) is 38.4 Å². The number of nitrogens with zero attached hydrogens (tertiary/aromatic N) is 2. The van der Waals surface area contributed by atoms with Crippen molar-refractivity contribution in [2.75, 3.05) is 18.5 Å². The highest BCUT2D eigenvalue weighted by Gasteiger charge is 2.17. The van der Waals surface area contributed by atoms with Crippen LogP contribution in [0.15, 0.2) is 133 Å². The normalized spacial score (nSPS) is 12.1. The van der Waals surface area contributed by atoms with Gasteiger partial charge in [0.1, 0.15) is 0 Å². The van der Waals surface area contributed by atoms with E-state index in [4.69, 9.17) is 0 Å². The lowest BCUT2D eigenvalue weighted by atomic mass is 9.97. The van der Waals surface area contributed by atoms with Gasteiger partial charge in [0.05, 0.1) is 0 Å². The molecule has 5 rings (SSSR count). The number of rotatable bonds is 12. The zero-order valence-corrected chi connectivity index (χ0v) is 22.4. The average Bonchev–Trinajstić information content (AvgIpc) is 2.97. The second-order valence-corrected chi connectivity index (χ2v) is 10.3. The Kier molecular flexibility index (Phi) is 8.86. The first-order chi connectivity index (χ1) is 18.7. The first-order valence-corrected chi connectivity index (χ1v) is 13.8. The van der Waals surface area contributed by atoms with Gasteiger partial charge in [-0.05, 0) is 65.4 Å². The molecule has 192 valence electrons. The number of fused-ring (bicyclic) bond motifs is 1. The van der Waals surface area contributed by atoms with Crippen molar-refractivity contribution in [3.63, 3.8) is 0 Å². The standard InChI is InChI=1S/C36H38N2/c1-37(35-20-9-4-10-21-35)36(27-32-23-24-33-18-11-12-19-34(33)26-32)22-13-25-38(28-30-14-5-2-6-15-30)29-31-16-7-3-8-17-31/h2-12,14-21,23-24,26,36H,13,22,25,27-29H2,1H3. The number of hydrogen-bond acceptors (Lipinski definition) is 2. The number of benzene rings is 5. The van der Waals surface area contributed by atoms with Crippen LogP contribution in [0.3, 0.4) is 0 Å². The summed E-state index contributed by atoms with van der Waals surface area (Å²) in [6.45, 7) is 3.01. The van der Waals surface area contributed by atoms with Gasteiger partial charge in [0.2, 0.25) is 0 Å². The third kappa shape index (κ3) is 7.12. The van der Waals surface area contributed by atoms with Crippen molar-refractivity contribution in [1.82, 2.24) is 4.90 Å². The van der Waals surface area contributed by atoms with Crippen molar-refractivity contribution in [3.8, 4) is 0 Å². The summed E-state index contributed by atoms with van der Waals surface area (Å²) in [6, 6.07) is 48.6. The fraction of sp³-hybridized carbons (Fsp3) is 0.222. The van der Waals surface area contributed by atoms with E-state index in [0.29, 0.717) is 6.04 Å². The Hall–Kier alpha value is -3.88. The van der Waals surface area contributed by atoms with E-state index in [1.165, 1.54) is 33.2 Å².